The molecule has 3 fully saturated rings. The van der Waals surface area contributed by atoms with Crippen LogP contribution in [0.25, 0.3) is 0 Å². The zero-order valence-electron chi connectivity index (χ0n) is 12.8. The summed E-state index contributed by atoms with van der Waals surface area (Å²) in [5.41, 5.74) is 0.418. The van der Waals surface area contributed by atoms with E-state index in [0.29, 0.717) is 37.9 Å². The third kappa shape index (κ3) is 2.04. The van der Waals surface area contributed by atoms with Crippen LogP contribution in [-0.4, -0.2) is 55.2 Å². The monoisotopic (exact) mass is 316 g/mol. The topological polar surface area (TPSA) is 79.2 Å². The molecule has 0 aromatic heterocycles. The van der Waals surface area contributed by atoms with Gasteiger partial charge in [-0.3, -0.25) is 0 Å². The molecule has 0 radical (unpaired) electrons. The van der Waals surface area contributed by atoms with Gasteiger partial charge in [0.2, 0.25) is 10.0 Å². The summed E-state index contributed by atoms with van der Waals surface area (Å²) in [5.74, 6) is 0.441. The zero-order chi connectivity index (χ0) is 15.4. The quantitative estimate of drug-likeness (QED) is 0.612. The predicted molar refractivity (Wildman–Crippen MR) is 78.9 cm³/mol. The summed E-state index contributed by atoms with van der Waals surface area (Å²) in [6.45, 7) is 8.07. The summed E-state index contributed by atoms with van der Waals surface area (Å²) >= 11 is 0. The summed E-state index contributed by atoms with van der Waals surface area (Å²) in [7, 11) is -3.49. The van der Waals surface area contributed by atoms with Crippen LogP contribution in [0, 0.1) is 23.2 Å². The highest BCUT2D eigenvalue weighted by Crippen LogP contribution is 2.59. The maximum atomic E-state index is 13.0. The third-order valence-corrected chi connectivity index (χ3v) is 8.34. The van der Waals surface area contributed by atoms with Crippen LogP contribution in [0.15, 0.2) is 5.16 Å². The van der Waals surface area contributed by atoms with Crippen molar-refractivity contribution in [2.45, 2.75) is 32.4 Å². The van der Waals surface area contributed by atoms with Crippen molar-refractivity contribution in [1.82, 2.24) is 4.31 Å². The van der Waals surface area contributed by atoms with Crippen molar-refractivity contribution < 1.29 is 18.4 Å². The van der Waals surface area contributed by atoms with E-state index in [-0.39, 0.29) is 17.3 Å². The Morgan fingerprint density at radius 2 is 1.95 bits per heavy atom. The van der Waals surface area contributed by atoms with Gasteiger partial charge >= 0.3 is 0 Å². The molecule has 1 aliphatic heterocycles. The number of nitrogens with zero attached hydrogens (tertiary/aromatic N) is 2. The van der Waals surface area contributed by atoms with Crippen LogP contribution in [0.2, 0.25) is 0 Å². The van der Waals surface area contributed by atoms with Gasteiger partial charge < -0.3 is 9.94 Å². The minimum absolute atomic E-state index is 0.0243. The Bertz CT molecular complexity index is 551. The number of hydrogen-bond acceptors (Lipinski definition) is 5. The molecule has 120 valence electrons. The molecule has 2 saturated carbocycles. The smallest absolute Gasteiger partial charge is 0.222 e. The van der Waals surface area contributed by atoms with Gasteiger partial charge in [0.15, 0.2) is 0 Å². The highest BCUT2D eigenvalue weighted by Gasteiger charge is 2.63. The first-order chi connectivity index (χ1) is 9.81. The van der Waals surface area contributed by atoms with E-state index in [9.17, 15) is 13.6 Å². The molecule has 1 heterocycles. The molecule has 0 aromatic rings. The van der Waals surface area contributed by atoms with E-state index in [1.54, 1.807) is 0 Å². The largest absolute Gasteiger partial charge is 0.411 e. The molecule has 4 unspecified atom stereocenters. The van der Waals surface area contributed by atoms with E-state index < -0.39 is 15.3 Å². The van der Waals surface area contributed by atoms with Gasteiger partial charge in [0.1, 0.15) is 5.25 Å². The van der Waals surface area contributed by atoms with Gasteiger partial charge in [0.05, 0.1) is 18.9 Å². The molecule has 4 atom stereocenters. The molecule has 2 bridgehead atoms. The number of fused-ring (bicyclic) bond motifs is 2. The molecule has 7 heteroatoms. The molecule has 0 amide bonds. The van der Waals surface area contributed by atoms with Crippen molar-refractivity contribution in [3.05, 3.63) is 0 Å². The first kappa shape index (κ1) is 15.2. The Morgan fingerprint density at radius 3 is 2.52 bits per heavy atom. The van der Waals surface area contributed by atoms with Gasteiger partial charge in [-0.25, -0.2) is 8.42 Å². The SMILES string of the molecule is CC1C2CC(C(S(=O)(=O)N3CCOCC3)/C2=N/O)C1(C)C. The molecule has 3 rings (SSSR count). The highest BCUT2D eigenvalue weighted by molar-refractivity contribution is 7.90. The minimum Gasteiger partial charge on any atom is -0.411 e. The van der Waals surface area contributed by atoms with Crippen molar-refractivity contribution in [2.75, 3.05) is 26.3 Å². The fourth-order valence-electron chi connectivity index (χ4n) is 4.40. The second-order valence-electron chi connectivity index (χ2n) is 7.06. The second kappa shape index (κ2) is 4.93. The Morgan fingerprint density at radius 1 is 1.33 bits per heavy atom. The van der Waals surface area contributed by atoms with Crippen LogP contribution in [0.5, 0.6) is 0 Å². The number of morpholine rings is 1. The fraction of sp³-hybridized carbons (Fsp3) is 0.929. The number of hydrogen-bond donors (Lipinski definition) is 1. The van der Waals surface area contributed by atoms with Gasteiger partial charge in [-0.2, -0.15) is 4.31 Å². The van der Waals surface area contributed by atoms with E-state index in [2.05, 4.69) is 25.9 Å². The lowest BCUT2D eigenvalue weighted by Crippen LogP contribution is -2.53. The summed E-state index contributed by atoms with van der Waals surface area (Å²) in [4.78, 5) is 0. The van der Waals surface area contributed by atoms with Crippen molar-refractivity contribution in [3.63, 3.8) is 0 Å². The van der Waals surface area contributed by atoms with E-state index in [1.165, 1.54) is 4.31 Å². The number of oxime groups is 1. The Kier molecular flexibility index (Phi) is 3.58. The van der Waals surface area contributed by atoms with Crippen LogP contribution in [0.3, 0.4) is 0 Å². The van der Waals surface area contributed by atoms with Crippen LogP contribution < -0.4 is 0 Å². The number of sulfonamides is 1. The van der Waals surface area contributed by atoms with Gasteiger partial charge in [-0.05, 0) is 23.7 Å². The van der Waals surface area contributed by atoms with Gasteiger partial charge in [0.25, 0.3) is 0 Å². The molecule has 0 spiro atoms. The van der Waals surface area contributed by atoms with Crippen molar-refractivity contribution >= 4 is 15.7 Å². The predicted octanol–water partition coefficient (Wildman–Crippen LogP) is 1.16. The summed E-state index contributed by atoms with van der Waals surface area (Å²) in [6, 6.07) is 0. The molecule has 3 aliphatic rings. The van der Waals surface area contributed by atoms with Gasteiger partial charge in [-0.15, -0.1) is 0 Å². The maximum Gasteiger partial charge on any atom is 0.222 e. The standard InChI is InChI=1S/C14H24N2O4S/c1-9-10-8-11(14(9,2)3)13(12(10)15-17)21(18,19)16-4-6-20-7-5-16/h9-11,13,17H,4-8H2,1-3H3/b15-12+. The lowest BCUT2D eigenvalue weighted by molar-refractivity contribution is 0.0719. The molecule has 2 aliphatic carbocycles. The lowest BCUT2D eigenvalue weighted by Gasteiger charge is -2.42. The molecule has 1 N–H and O–H groups in total. The van der Waals surface area contributed by atoms with Gasteiger partial charge in [0, 0.05) is 19.0 Å². The fourth-order valence-corrected chi connectivity index (χ4v) is 6.78. The van der Waals surface area contributed by atoms with E-state index in [1.807, 2.05) is 0 Å². The van der Waals surface area contributed by atoms with E-state index >= 15 is 0 Å². The minimum atomic E-state index is -3.49. The van der Waals surface area contributed by atoms with Crippen LogP contribution in [0.4, 0.5) is 0 Å². The zero-order valence-corrected chi connectivity index (χ0v) is 13.6. The Balaban J connectivity index is 1.97. The third-order valence-electron chi connectivity index (χ3n) is 6.04. The maximum absolute atomic E-state index is 13.0. The van der Waals surface area contributed by atoms with Crippen molar-refractivity contribution in [2.24, 2.45) is 28.3 Å². The molecule has 21 heavy (non-hydrogen) atoms. The average molecular weight is 316 g/mol. The lowest BCUT2D eigenvalue weighted by atomic mass is 9.69. The molecular weight excluding hydrogens is 292 g/mol. The summed E-state index contributed by atoms with van der Waals surface area (Å²) in [5, 5.41) is 12.1. The Hall–Kier alpha value is -0.660. The first-order valence-corrected chi connectivity index (χ1v) is 9.10. The van der Waals surface area contributed by atoms with E-state index in [0.717, 1.165) is 6.42 Å². The summed E-state index contributed by atoms with van der Waals surface area (Å²) < 4.78 is 32.8. The molecule has 1 saturated heterocycles. The number of rotatable bonds is 2. The van der Waals surface area contributed by atoms with Crippen LogP contribution in [-0.2, 0) is 14.8 Å². The summed E-state index contributed by atoms with van der Waals surface area (Å²) in [6.07, 6.45) is 0.807. The van der Waals surface area contributed by atoms with Crippen molar-refractivity contribution in [3.8, 4) is 0 Å². The number of ether oxygens (including phenoxy) is 1. The molecule has 0 aromatic carbocycles. The molecule has 6 nitrogen and oxygen atoms in total. The highest BCUT2D eigenvalue weighted by atomic mass is 32.2. The van der Waals surface area contributed by atoms with Gasteiger partial charge in [-0.1, -0.05) is 25.9 Å². The van der Waals surface area contributed by atoms with Crippen LogP contribution in [0.1, 0.15) is 27.2 Å². The molecular formula is C14H24N2O4S. The normalized spacial score (nSPS) is 41.8. The van der Waals surface area contributed by atoms with E-state index in [4.69, 9.17) is 4.74 Å². The van der Waals surface area contributed by atoms with Crippen LogP contribution >= 0.6 is 0 Å². The first-order valence-electron chi connectivity index (χ1n) is 7.60. The second-order valence-corrected chi connectivity index (χ2v) is 9.11. The Labute approximate surface area is 126 Å². The van der Waals surface area contributed by atoms with Crippen molar-refractivity contribution in [1.29, 1.82) is 0 Å². The average Bonchev–Trinajstić information content (AvgIpc) is 2.96.